The zero-order valence-corrected chi connectivity index (χ0v) is 8.83. The van der Waals surface area contributed by atoms with Gasteiger partial charge in [-0.15, -0.1) is 0 Å². The SMILES string of the molecule is CC1(C)[C@@H]2CC[C@@]1(C)C(=O)C2C(=O)O. The molecule has 3 nitrogen and oxygen atoms in total. The van der Waals surface area contributed by atoms with Crippen molar-refractivity contribution in [1.82, 2.24) is 0 Å². The van der Waals surface area contributed by atoms with Gasteiger partial charge in [0.2, 0.25) is 0 Å². The number of fused-ring (bicyclic) bond motifs is 2. The average molecular weight is 196 g/mol. The first kappa shape index (κ1) is 9.69. The normalized spacial score (nSPS) is 44.4. The number of carboxylic acids is 1. The summed E-state index contributed by atoms with van der Waals surface area (Å²) < 4.78 is 0. The molecule has 2 aliphatic carbocycles. The lowest BCUT2D eigenvalue weighted by molar-refractivity contribution is -0.149. The molecule has 0 aromatic heterocycles. The van der Waals surface area contributed by atoms with Crippen LogP contribution in [0.5, 0.6) is 0 Å². The number of carbonyl (C=O) groups is 2. The molecular weight excluding hydrogens is 180 g/mol. The Hall–Kier alpha value is -0.860. The van der Waals surface area contributed by atoms with E-state index in [1.54, 1.807) is 0 Å². The summed E-state index contributed by atoms with van der Waals surface area (Å²) in [5.41, 5.74) is -0.548. The zero-order valence-electron chi connectivity index (χ0n) is 8.83. The molecule has 2 bridgehead atoms. The van der Waals surface area contributed by atoms with Crippen molar-refractivity contribution in [1.29, 1.82) is 0 Å². The van der Waals surface area contributed by atoms with Gasteiger partial charge in [-0.1, -0.05) is 20.8 Å². The number of ketones is 1. The number of Topliss-reactive ketones (excluding diaryl/α,β-unsaturated/α-hetero) is 1. The van der Waals surface area contributed by atoms with E-state index in [2.05, 4.69) is 0 Å². The Morgan fingerprint density at radius 2 is 2.00 bits per heavy atom. The van der Waals surface area contributed by atoms with E-state index in [4.69, 9.17) is 5.11 Å². The van der Waals surface area contributed by atoms with Gasteiger partial charge in [0.15, 0.2) is 5.78 Å². The highest BCUT2D eigenvalue weighted by Gasteiger charge is 2.68. The molecule has 2 rings (SSSR count). The molecule has 0 aromatic carbocycles. The van der Waals surface area contributed by atoms with Crippen LogP contribution >= 0.6 is 0 Å². The number of hydrogen-bond acceptors (Lipinski definition) is 2. The van der Waals surface area contributed by atoms with Gasteiger partial charge in [-0.25, -0.2) is 0 Å². The standard InChI is InChI=1S/C11H16O3/c1-10(2)6-4-5-11(10,3)8(12)7(6)9(13)14/h6-7H,4-5H2,1-3H3,(H,13,14)/t6-,7?,11+/m1/s1. The smallest absolute Gasteiger partial charge is 0.314 e. The molecule has 3 atom stereocenters. The zero-order chi connectivity index (χ0) is 10.7. The summed E-state index contributed by atoms with van der Waals surface area (Å²) in [4.78, 5) is 23.0. The van der Waals surface area contributed by atoms with Gasteiger partial charge >= 0.3 is 5.97 Å². The molecule has 1 N–H and O–H groups in total. The molecule has 0 spiro atoms. The van der Waals surface area contributed by atoms with Gasteiger partial charge in [-0.3, -0.25) is 9.59 Å². The molecule has 0 aromatic rings. The van der Waals surface area contributed by atoms with Gasteiger partial charge in [0, 0.05) is 5.41 Å². The average Bonchev–Trinajstić information content (AvgIpc) is 2.35. The molecule has 0 radical (unpaired) electrons. The Labute approximate surface area is 83.5 Å². The first-order valence-corrected chi connectivity index (χ1v) is 5.09. The number of rotatable bonds is 1. The lowest BCUT2D eigenvalue weighted by atomic mass is 9.70. The fourth-order valence-corrected chi connectivity index (χ4v) is 3.37. The third-order valence-corrected chi connectivity index (χ3v) is 4.80. The van der Waals surface area contributed by atoms with Crippen LogP contribution in [0.1, 0.15) is 33.6 Å². The van der Waals surface area contributed by atoms with E-state index in [1.165, 1.54) is 0 Å². The van der Waals surface area contributed by atoms with Crippen molar-refractivity contribution in [2.75, 3.05) is 0 Å². The molecule has 0 amide bonds. The molecule has 3 heteroatoms. The maximum absolute atomic E-state index is 12.0. The van der Waals surface area contributed by atoms with Gasteiger partial charge in [0.05, 0.1) is 0 Å². The Bertz CT molecular complexity index is 318. The van der Waals surface area contributed by atoms with Gasteiger partial charge in [0.25, 0.3) is 0 Å². The summed E-state index contributed by atoms with van der Waals surface area (Å²) in [6.07, 6.45) is 1.74. The van der Waals surface area contributed by atoms with Crippen LogP contribution in [0, 0.1) is 22.7 Å². The van der Waals surface area contributed by atoms with Gasteiger partial charge < -0.3 is 5.11 Å². The predicted molar refractivity (Wildman–Crippen MR) is 50.7 cm³/mol. The second-order valence-electron chi connectivity index (χ2n) is 5.38. The lowest BCUT2D eigenvalue weighted by Crippen LogP contribution is -2.35. The minimum Gasteiger partial charge on any atom is -0.481 e. The van der Waals surface area contributed by atoms with Crippen LogP contribution in [0.4, 0.5) is 0 Å². The fourth-order valence-electron chi connectivity index (χ4n) is 3.37. The second-order valence-corrected chi connectivity index (χ2v) is 5.38. The second kappa shape index (κ2) is 2.38. The van der Waals surface area contributed by atoms with Crippen LogP contribution in [0.2, 0.25) is 0 Å². The molecule has 2 saturated carbocycles. The first-order valence-electron chi connectivity index (χ1n) is 5.09. The maximum Gasteiger partial charge on any atom is 0.314 e. The van der Waals surface area contributed by atoms with Crippen LogP contribution < -0.4 is 0 Å². The highest BCUT2D eigenvalue weighted by Crippen LogP contribution is 2.65. The molecular formula is C11H16O3. The predicted octanol–water partition coefficient (Wildman–Crippen LogP) is 1.71. The highest BCUT2D eigenvalue weighted by atomic mass is 16.4. The van der Waals surface area contributed by atoms with E-state index >= 15 is 0 Å². The van der Waals surface area contributed by atoms with E-state index in [9.17, 15) is 9.59 Å². The lowest BCUT2D eigenvalue weighted by Gasteiger charge is -2.32. The molecule has 2 fully saturated rings. The maximum atomic E-state index is 12.0. The molecule has 14 heavy (non-hydrogen) atoms. The number of aliphatic carboxylic acids is 1. The molecule has 0 aliphatic heterocycles. The number of carboxylic acid groups (broad SMARTS) is 1. The third-order valence-electron chi connectivity index (χ3n) is 4.80. The van der Waals surface area contributed by atoms with Crippen LogP contribution in [0.3, 0.4) is 0 Å². The van der Waals surface area contributed by atoms with Gasteiger partial charge in [-0.2, -0.15) is 0 Å². The van der Waals surface area contributed by atoms with Crippen molar-refractivity contribution in [3.8, 4) is 0 Å². The van der Waals surface area contributed by atoms with Crippen molar-refractivity contribution in [3.05, 3.63) is 0 Å². The Kier molecular flexibility index (Phi) is 1.65. The molecule has 0 heterocycles. The van der Waals surface area contributed by atoms with Crippen LogP contribution in [-0.4, -0.2) is 16.9 Å². The number of hydrogen-bond donors (Lipinski definition) is 1. The molecule has 1 unspecified atom stereocenters. The fraction of sp³-hybridized carbons (Fsp3) is 0.818. The largest absolute Gasteiger partial charge is 0.481 e. The summed E-state index contributed by atoms with van der Waals surface area (Å²) in [5.74, 6) is -1.69. The minimum atomic E-state index is -0.934. The monoisotopic (exact) mass is 196 g/mol. The van der Waals surface area contributed by atoms with Crippen molar-refractivity contribution in [2.24, 2.45) is 22.7 Å². The summed E-state index contributed by atoms with van der Waals surface area (Å²) in [5, 5.41) is 9.03. The summed E-state index contributed by atoms with van der Waals surface area (Å²) in [6, 6.07) is 0. The third kappa shape index (κ3) is 0.787. The molecule has 0 saturated heterocycles. The topological polar surface area (TPSA) is 54.4 Å². The quantitative estimate of drug-likeness (QED) is 0.649. The Morgan fingerprint density at radius 3 is 2.29 bits per heavy atom. The van der Waals surface area contributed by atoms with Crippen molar-refractivity contribution in [3.63, 3.8) is 0 Å². The highest BCUT2D eigenvalue weighted by molar-refractivity contribution is 6.04. The van der Waals surface area contributed by atoms with Crippen molar-refractivity contribution < 1.29 is 14.7 Å². The van der Waals surface area contributed by atoms with Gasteiger partial charge in [0.1, 0.15) is 5.92 Å². The van der Waals surface area contributed by atoms with Gasteiger partial charge in [-0.05, 0) is 24.2 Å². The van der Waals surface area contributed by atoms with Crippen LogP contribution in [0.25, 0.3) is 0 Å². The Balaban J connectivity index is 2.49. The van der Waals surface area contributed by atoms with E-state index in [0.717, 1.165) is 12.8 Å². The molecule has 78 valence electrons. The Morgan fingerprint density at radius 1 is 1.43 bits per heavy atom. The summed E-state index contributed by atoms with van der Waals surface area (Å²) >= 11 is 0. The van der Waals surface area contributed by atoms with E-state index < -0.39 is 17.3 Å². The van der Waals surface area contributed by atoms with Crippen molar-refractivity contribution >= 4 is 11.8 Å². The van der Waals surface area contributed by atoms with E-state index in [1.807, 2.05) is 20.8 Å². The number of carbonyl (C=O) groups excluding carboxylic acids is 1. The summed E-state index contributed by atoms with van der Waals surface area (Å²) in [7, 11) is 0. The summed E-state index contributed by atoms with van der Waals surface area (Å²) in [6.45, 7) is 6.00. The van der Waals surface area contributed by atoms with Crippen LogP contribution in [-0.2, 0) is 9.59 Å². The minimum absolute atomic E-state index is 0.0394. The van der Waals surface area contributed by atoms with E-state index in [-0.39, 0.29) is 17.1 Å². The van der Waals surface area contributed by atoms with Crippen LogP contribution in [0.15, 0.2) is 0 Å². The molecule has 2 aliphatic rings. The van der Waals surface area contributed by atoms with E-state index in [0.29, 0.717) is 0 Å². The van der Waals surface area contributed by atoms with Crippen molar-refractivity contribution in [2.45, 2.75) is 33.6 Å². The first-order chi connectivity index (χ1) is 6.32.